The number of nitrogens with one attached hydrogen (secondary N) is 1. The Hall–Kier alpha value is -1.56. The Morgan fingerprint density at radius 2 is 1.47 bits per heavy atom. The number of nitrogens with zero attached hydrogens (tertiary/aromatic N) is 1. The topological polar surface area (TPSA) is 66.5 Å². The zero-order chi connectivity index (χ0) is 22.3. The van der Waals surface area contributed by atoms with E-state index in [1.54, 1.807) is 0 Å². The van der Waals surface area contributed by atoms with Crippen LogP contribution in [0.1, 0.15) is 82.6 Å². The van der Waals surface area contributed by atoms with Crippen LogP contribution in [0.3, 0.4) is 0 Å². The van der Waals surface area contributed by atoms with E-state index in [2.05, 4.69) is 17.4 Å². The van der Waals surface area contributed by atoms with Crippen LogP contribution < -0.4 is 9.62 Å². The number of hydrogen-bond acceptors (Lipinski definition) is 3. The predicted molar refractivity (Wildman–Crippen MR) is 128 cm³/mol. The van der Waals surface area contributed by atoms with Crippen LogP contribution in [-0.4, -0.2) is 33.2 Å². The van der Waals surface area contributed by atoms with E-state index in [-0.39, 0.29) is 18.5 Å². The second-order valence-corrected chi connectivity index (χ2v) is 13.2. The number of sulfonamides is 1. The van der Waals surface area contributed by atoms with E-state index in [4.69, 9.17) is 0 Å². The summed E-state index contributed by atoms with van der Waals surface area (Å²) in [5, 5.41) is 3.09. The van der Waals surface area contributed by atoms with E-state index in [0.29, 0.717) is 11.1 Å². The number of hydrogen-bond donors (Lipinski definition) is 1. The van der Waals surface area contributed by atoms with Crippen LogP contribution in [-0.2, 0) is 20.2 Å². The molecule has 0 unspecified atom stereocenters. The second kappa shape index (κ2) is 8.66. The highest BCUT2D eigenvalue weighted by molar-refractivity contribution is 7.92. The molecule has 5 fully saturated rings. The molecular formula is C26H38N2O3S. The molecule has 5 aliphatic carbocycles. The van der Waals surface area contributed by atoms with E-state index in [0.717, 1.165) is 43.4 Å². The van der Waals surface area contributed by atoms with Crippen LogP contribution >= 0.6 is 0 Å². The number of carbonyl (C=O) groups excluding carboxylic acids is 1. The van der Waals surface area contributed by atoms with Crippen LogP contribution in [0.25, 0.3) is 0 Å². The Morgan fingerprint density at radius 1 is 0.938 bits per heavy atom. The molecule has 4 bridgehead atoms. The van der Waals surface area contributed by atoms with Gasteiger partial charge < -0.3 is 5.32 Å². The van der Waals surface area contributed by atoms with Gasteiger partial charge in [0.05, 0.1) is 11.9 Å². The first-order valence-corrected chi connectivity index (χ1v) is 14.5. The van der Waals surface area contributed by atoms with E-state index in [1.807, 2.05) is 12.1 Å². The molecule has 6 rings (SSSR count). The van der Waals surface area contributed by atoms with Crippen molar-refractivity contribution in [3.63, 3.8) is 0 Å². The molecule has 6 heteroatoms. The molecular weight excluding hydrogens is 420 g/mol. The van der Waals surface area contributed by atoms with Crippen LogP contribution in [0, 0.1) is 17.8 Å². The van der Waals surface area contributed by atoms with E-state index in [1.165, 1.54) is 67.5 Å². The van der Waals surface area contributed by atoms with Crippen molar-refractivity contribution in [3.05, 3.63) is 29.8 Å². The Kier molecular flexibility index (Phi) is 6.02. The molecule has 1 aromatic carbocycles. The van der Waals surface area contributed by atoms with Crippen molar-refractivity contribution in [1.29, 1.82) is 0 Å². The van der Waals surface area contributed by atoms with Crippen LogP contribution in [0.2, 0.25) is 0 Å². The fraction of sp³-hybridized carbons (Fsp3) is 0.731. The van der Waals surface area contributed by atoms with Gasteiger partial charge in [-0.05, 0) is 92.2 Å². The summed E-state index contributed by atoms with van der Waals surface area (Å²) in [6.07, 6.45) is 16.0. The first-order chi connectivity index (χ1) is 15.3. The molecule has 0 atom stereocenters. The van der Waals surface area contributed by atoms with Crippen molar-refractivity contribution in [3.8, 4) is 0 Å². The molecule has 0 aromatic heterocycles. The number of amides is 1. The largest absolute Gasteiger partial charge is 0.352 e. The molecule has 0 radical (unpaired) electrons. The minimum atomic E-state index is -3.55. The van der Waals surface area contributed by atoms with E-state index < -0.39 is 10.0 Å². The summed E-state index contributed by atoms with van der Waals surface area (Å²) in [6.45, 7) is -0.147. The maximum atomic E-state index is 12.7. The summed E-state index contributed by atoms with van der Waals surface area (Å²) in [5.74, 6) is 2.43. The van der Waals surface area contributed by atoms with Crippen LogP contribution in [0.15, 0.2) is 24.3 Å². The molecule has 5 nitrogen and oxygen atoms in total. The zero-order valence-corrected chi connectivity index (χ0v) is 20.2. The fourth-order valence-corrected chi connectivity index (χ4v) is 8.53. The first kappa shape index (κ1) is 22.2. The lowest BCUT2D eigenvalue weighted by atomic mass is 9.48. The third kappa shape index (κ3) is 4.57. The molecule has 0 saturated heterocycles. The van der Waals surface area contributed by atoms with Crippen molar-refractivity contribution in [2.45, 2.75) is 88.5 Å². The highest BCUT2D eigenvalue weighted by Crippen LogP contribution is 2.60. The van der Waals surface area contributed by atoms with Gasteiger partial charge in [-0.1, -0.05) is 37.8 Å². The van der Waals surface area contributed by atoms with Crippen molar-refractivity contribution in [2.75, 3.05) is 17.1 Å². The lowest BCUT2D eigenvalue weighted by Gasteiger charge is -2.57. The van der Waals surface area contributed by atoms with Crippen molar-refractivity contribution < 1.29 is 13.2 Å². The van der Waals surface area contributed by atoms with Gasteiger partial charge in [-0.15, -0.1) is 0 Å². The van der Waals surface area contributed by atoms with Gasteiger partial charge in [0.2, 0.25) is 15.9 Å². The molecule has 176 valence electrons. The van der Waals surface area contributed by atoms with Gasteiger partial charge in [0.15, 0.2) is 0 Å². The standard InChI is InChI=1S/C26H38N2O3S/c1-32(30,31)28(18-25(29)27-23-6-4-2-3-5-7-23)24-10-8-22(9-11-24)26-15-19-12-20(16-26)14-21(13-19)17-26/h8-11,19-21,23H,2-7,12-18H2,1H3,(H,27,29). The van der Waals surface area contributed by atoms with Crippen LogP contribution in [0.4, 0.5) is 5.69 Å². The van der Waals surface area contributed by atoms with Crippen molar-refractivity contribution in [2.24, 2.45) is 17.8 Å². The minimum Gasteiger partial charge on any atom is -0.352 e. The molecule has 0 aliphatic heterocycles. The quantitative estimate of drug-likeness (QED) is 0.625. The fourth-order valence-electron chi connectivity index (χ4n) is 7.67. The smallest absolute Gasteiger partial charge is 0.240 e. The van der Waals surface area contributed by atoms with Gasteiger partial charge in [0.25, 0.3) is 0 Å². The van der Waals surface area contributed by atoms with E-state index >= 15 is 0 Å². The number of benzene rings is 1. The lowest BCUT2D eigenvalue weighted by Crippen LogP contribution is -2.48. The Bertz CT molecular complexity index is 897. The van der Waals surface area contributed by atoms with E-state index in [9.17, 15) is 13.2 Å². The van der Waals surface area contributed by atoms with Crippen molar-refractivity contribution >= 4 is 21.6 Å². The molecule has 0 heterocycles. The normalized spacial score (nSPS) is 32.5. The summed E-state index contributed by atoms with van der Waals surface area (Å²) in [6, 6.07) is 8.31. The van der Waals surface area contributed by atoms with Gasteiger partial charge in [0.1, 0.15) is 6.54 Å². The van der Waals surface area contributed by atoms with Gasteiger partial charge in [-0.3, -0.25) is 9.10 Å². The van der Waals surface area contributed by atoms with Gasteiger partial charge in [-0.2, -0.15) is 0 Å². The third-order valence-electron chi connectivity index (χ3n) is 8.71. The predicted octanol–water partition coefficient (Wildman–Crippen LogP) is 4.76. The maximum absolute atomic E-state index is 12.7. The average molecular weight is 459 g/mol. The van der Waals surface area contributed by atoms with Gasteiger partial charge >= 0.3 is 0 Å². The summed E-state index contributed by atoms with van der Waals surface area (Å²) in [4.78, 5) is 12.7. The number of anilines is 1. The minimum absolute atomic E-state index is 0.147. The SMILES string of the molecule is CS(=O)(=O)N(CC(=O)NC1CCCCCC1)c1ccc(C23CC4CC(CC(C4)C2)C3)cc1. The summed E-state index contributed by atoms with van der Waals surface area (Å²) in [5.41, 5.74) is 2.26. The number of rotatable bonds is 6. The van der Waals surface area contributed by atoms with Crippen molar-refractivity contribution in [1.82, 2.24) is 5.32 Å². The molecule has 1 aromatic rings. The summed E-state index contributed by atoms with van der Waals surface area (Å²) in [7, 11) is -3.55. The Balaban J connectivity index is 1.30. The lowest BCUT2D eigenvalue weighted by molar-refractivity contribution is -0.120. The highest BCUT2D eigenvalue weighted by atomic mass is 32.2. The second-order valence-electron chi connectivity index (χ2n) is 11.3. The highest BCUT2D eigenvalue weighted by Gasteiger charge is 2.51. The molecule has 1 N–H and O–H groups in total. The van der Waals surface area contributed by atoms with Crippen LogP contribution in [0.5, 0.6) is 0 Å². The molecule has 1 amide bonds. The third-order valence-corrected chi connectivity index (χ3v) is 9.85. The summed E-state index contributed by atoms with van der Waals surface area (Å²) >= 11 is 0. The monoisotopic (exact) mass is 458 g/mol. The molecule has 32 heavy (non-hydrogen) atoms. The molecule has 0 spiro atoms. The van der Waals surface area contributed by atoms with Gasteiger partial charge in [-0.25, -0.2) is 8.42 Å². The summed E-state index contributed by atoms with van der Waals surface area (Å²) < 4.78 is 26.4. The first-order valence-electron chi connectivity index (χ1n) is 12.7. The van der Waals surface area contributed by atoms with Gasteiger partial charge in [0, 0.05) is 6.04 Å². The Labute approximate surface area is 193 Å². The zero-order valence-electron chi connectivity index (χ0n) is 19.4. The molecule has 5 saturated carbocycles. The maximum Gasteiger partial charge on any atom is 0.240 e. The average Bonchev–Trinajstić information content (AvgIpc) is 2.99. The number of carbonyl (C=O) groups is 1. The molecule has 5 aliphatic rings. The Morgan fingerprint density at radius 3 is 1.97 bits per heavy atom.